The van der Waals surface area contributed by atoms with Crippen molar-refractivity contribution in [3.05, 3.63) is 23.8 Å². The Hall–Kier alpha value is -1.89. The molecular formula is C16H21NO5S. The average molecular weight is 339 g/mol. The summed E-state index contributed by atoms with van der Waals surface area (Å²) in [5.41, 5.74) is 0.765. The number of aliphatic carboxylic acids is 1. The maximum atomic E-state index is 12.1. The minimum absolute atomic E-state index is 0.111. The highest BCUT2D eigenvalue weighted by Gasteiger charge is 2.20. The molecule has 0 radical (unpaired) electrons. The number of hydrogen-bond donors (Lipinski definition) is 2. The number of amides is 1. The molecule has 0 bridgehead atoms. The van der Waals surface area contributed by atoms with Crippen molar-refractivity contribution in [2.24, 2.45) is 0 Å². The quantitative estimate of drug-likeness (QED) is 0.787. The molecule has 0 aromatic heterocycles. The van der Waals surface area contributed by atoms with Crippen LogP contribution in [0, 0.1) is 0 Å². The van der Waals surface area contributed by atoms with E-state index in [0.29, 0.717) is 36.9 Å². The third-order valence-electron chi connectivity index (χ3n) is 3.42. The Balaban J connectivity index is 1.96. The molecule has 1 aliphatic heterocycles. The summed E-state index contributed by atoms with van der Waals surface area (Å²) in [6.07, 6.45) is 3.24. The number of ether oxygens (including phenoxy) is 2. The van der Waals surface area contributed by atoms with Crippen molar-refractivity contribution >= 4 is 23.6 Å². The van der Waals surface area contributed by atoms with Gasteiger partial charge in [0.15, 0.2) is 11.5 Å². The number of carbonyl (C=O) groups is 2. The lowest BCUT2D eigenvalue weighted by molar-refractivity contribution is -0.141. The average Bonchev–Trinajstić information content (AvgIpc) is 2.76. The van der Waals surface area contributed by atoms with Crippen LogP contribution in [-0.4, -0.2) is 48.2 Å². The summed E-state index contributed by atoms with van der Waals surface area (Å²) in [4.78, 5) is 23.2. The standard InChI is InChI=1S/C16H21NO5S/c1-23-8-5-12(16(19)20)17-15(18)10-11-3-4-13-14(9-11)22-7-2-6-21-13/h3-4,9,12H,2,5-8,10H2,1H3,(H,17,18)(H,19,20)/t12-/m0/s1. The van der Waals surface area contributed by atoms with E-state index in [-0.39, 0.29) is 12.3 Å². The van der Waals surface area contributed by atoms with Gasteiger partial charge >= 0.3 is 5.97 Å². The van der Waals surface area contributed by atoms with Crippen molar-refractivity contribution in [3.8, 4) is 11.5 Å². The monoisotopic (exact) mass is 339 g/mol. The molecule has 0 aliphatic carbocycles. The Morgan fingerprint density at radius 2 is 2.04 bits per heavy atom. The Bertz CT molecular complexity index is 563. The van der Waals surface area contributed by atoms with E-state index in [9.17, 15) is 9.59 Å². The summed E-state index contributed by atoms with van der Waals surface area (Å²) in [6, 6.07) is 4.50. The van der Waals surface area contributed by atoms with E-state index in [2.05, 4.69) is 5.32 Å². The van der Waals surface area contributed by atoms with E-state index in [4.69, 9.17) is 14.6 Å². The fourth-order valence-corrected chi connectivity index (χ4v) is 2.71. The van der Waals surface area contributed by atoms with E-state index in [1.54, 1.807) is 30.0 Å². The van der Waals surface area contributed by atoms with Gasteiger partial charge in [0.25, 0.3) is 0 Å². The normalized spacial score (nSPS) is 14.7. The minimum atomic E-state index is -1.01. The van der Waals surface area contributed by atoms with Gasteiger partial charge in [-0.2, -0.15) is 11.8 Å². The molecule has 7 heteroatoms. The summed E-state index contributed by atoms with van der Waals surface area (Å²) >= 11 is 1.55. The van der Waals surface area contributed by atoms with Crippen molar-refractivity contribution < 1.29 is 24.2 Å². The molecule has 2 N–H and O–H groups in total. The Kier molecular flexibility index (Phi) is 6.58. The first kappa shape index (κ1) is 17.5. The SMILES string of the molecule is CSCC[C@H](NC(=O)Cc1ccc2c(c1)OCCCO2)C(=O)O. The number of rotatable bonds is 7. The molecule has 0 spiro atoms. The minimum Gasteiger partial charge on any atom is -0.490 e. The van der Waals surface area contributed by atoms with Gasteiger partial charge in [-0.05, 0) is 36.1 Å². The zero-order valence-electron chi connectivity index (χ0n) is 13.0. The van der Waals surface area contributed by atoms with Crippen LogP contribution < -0.4 is 14.8 Å². The Labute approximate surface area is 139 Å². The fourth-order valence-electron chi connectivity index (χ4n) is 2.24. The number of thioether (sulfide) groups is 1. The summed E-state index contributed by atoms with van der Waals surface area (Å²) in [5.74, 6) is 0.667. The first-order valence-electron chi connectivity index (χ1n) is 7.50. The van der Waals surface area contributed by atoms with Crippen molar-refractivity contribution in [2.45, 2.75) is 25.3 Å². The van der Waals surface area contributed by atoms with Crippen LogP contribution in [0.25, 0.3) is 0 Å². The molecule has 0 saturated carbocycles. The highest BCUT2D eigenvalue weighted by Crippen LogP contribution is 2.30. The van der Waals surface area contributed by atoms with Crippen LogP contribution >= 0.6 is 11.8 Å². The number of benzene rings is 1. The molecular weight excluding hydrogens is 318 g/mol. The molecule has 0 unspecified atom stereocenters. The second-order valence-electron chi connectivity index (χ2n) is 5.25. The maximum Gasteiger partial charge on any atom is 0.326 e. The fraction of sp³-hybridized carbons (Fsp3) is 0.500. The Morgan fingerprint density at radius 1 is 1.30 bits per heavy atom. The van der Waals surface area contributed by atoms with Gasteiger partial charge < -0.3 is 19.9 Å². The van der Waals surface area contributed by atoms with E-state index < -0.39 is 12.0 Å². The topological polar surface area (TPSA) is 84.9 Å². The van der Waals surface area contributed by atoms with Gasteiger partial charge in [-0.15, -0.1) is 0 Å². The summed E-state index contributed by atoms with van der Waals surface area (Å²) in [7, 11) is 0. The Morgan fingerprint density at radius 3 is 2.74 bits per heavy atom. The van der Waals surface area contributed by atoms with E-state index >= 15 is 0 Å². The lowest BCUT2D eigenvalue weighted by Crippen LogP contribution is -2.41. The van der Waals surface area contributed by atoms with Crippen LogP contribution in [0.3, 0.4) is 0 Å². The summed E-state index contributed by atoms with van der Waals surface area (Å²) < 4.78 is 11.1. The third-order valence-corrected chi connectivity index (χ3v) is 4.06. The van der Waals surface area contributed by atoms with Crippen LogP contribution in [-0.2, 0) is 16.0 Å². The van der Waals surface area contributed by atoms with Gasteiger partial charge in [-0.1, -0.05) is 6.07 Å². The van der Waals surface area contributed by atoms with Crippen molar-refractivity contribution in [3.63, 3.8) is 0 Å². The predicted molar refractivity (Wildman–Crippen MR) is 88.3 cm³/mol. The van der Waals surface area contributed by atoms with Crippen LogP contribution in [0.4, 0.5) is 0 Å². The van der Waals surface area contributed by atoms with E-state index in [1.807, 2.05) is 6.26 Å². The number of hydrogen-bond acceptors (Lipinski definition) is 5. The number of fused-ring (bicyclic) bond motifs is 1. The molecule has 1 aromatic rings. The molecule has 6 nitrogen and oxygen atoms in total. The number of carboxylic acid groups (broad SMARTS) is 1. The highest BCUT2D eigenvalue weighted by atomic mass is 32.2. The molecule has 1 heterocycles. The zero-order valence-corrected chi connectivity index (χ0v) is 13.9. The molecule has 1 aromatic carbocycles. The second-order valence-corrected chi connectivity index (χ2v) is 6.23. The van der Waals surface area contributed by atoms with Gasteiger partial charge in [0.05, 0.1) is 19.6 Å². The lowest BCUT2D eigenvalue weighted by atomic mass is 10.1. The van der Waals surface area contributed by atoms with Gasteiger partial charge in [-0.3, -0.25) is 4.79 Å². The van der Waals surface area contributed by atoms with E-state index in [0.717, 1.165) is 12.0 Å². The summed E-state index contributed by atoms with van der Waals surface area (Å²) in [5, 5.41) is 11.7. The second kappa shape index (κ2) is 8.67. The van der Waals surface area contributed by atoms with Crippen LogP contribution in [0.15, 0.2) is 18.2 Å². The van der Waals surface area contributed by atoms with Crippen LogP contribution in [0.2, 0.25) is 0 Å². The molecule has 2 rings (SSSR count). The van der Waals surface area contributed by atoms with E-state index in [1.165, 1.54) is 0 Å². The molecule has 1 atom stereocenters. The van der Waals surface area contributed by atoms with Gasteiger partial charge in [0, 0.05) is 6.42 Å². The molecule has 1 aliphatic rings. The molecule has 126 valence electrons. The smallest absolute Gasteiger partial charge is 0.326 e. The predicted octanol–water partition coefficient (Wildman–Crippen LogP) is 1.71. The summed E-state index contributed by atoms with van der Waals surface area (Å²) in [6.45, 7) is 1.20. The molecule has 0 saturated heterocycles. The maximum absolute atomic E-state index is 12.1. The largest absolute Gasteiger partial charge is 0.490 e. The number of nitrogens with one attached hydrogen (secondary N) is 1. The zero-order chi connectivity index (χ0) is 16.7. The first-order chi connectivity index (χ1) is 11.1. The number of carbonyl (C=O) groups excluding carboxylic acids is 1. The van der Waals surface area contributed by atoms with Crippen molar-refractivity contribution in [1.29, 1.82) is 0 Å². The third kappa shape index (κ3) is 5.35. The molecule has 23 heavy (non-hydrogen) atoms. The van der Waals surface area contributed by atoms with Crippen LogP contribution in [0.5, 0.6) is 11.5 Å². The first-order valence-corrected chi connectivity index (χ1v) is 8.89. The van der Waals surface area contributed by atoms with Crippen molar-refractivity contribution in [2.75, 3.05) is 25.2 Å². The number of carboxylic acids is 1. The van der Waals surface area contributed by atoms with Gasteiger partial charge in [0.1, 0.15) is 6.04 Å². The highest BCUT2D eigenvalue weighted by molar-refractivity contribution is 7.98. The molecule has 1 amide bonds. The molecule has 0 fully saturated rings. The van der Waals surface area contributed by atoms with Crippen molar-refractivity contribution in [1.82, 2.24) is 5.32 Å². The van der Waals surface area contributed by atoms with Crippen LogP contribution in [0.1, 0.15) is 18.4 Å². The van der Waals surface area contributed by atoms with Gasteiger partial charge in [0.2, 0.25) is 5.91 Å². The lowest BCUT2D eigenvalue weighted by Gasteiger charge is -2.14. The van der Waals surface area contributed by atoms with Gasteiger partial charge in [-0.25, -0.2) is 4.79 Å².